The average Bonchev–Trinajstić information content (AvgIpc) is 3.35. The van der Waals surface area contributed by atoms with Gasteiger partial charge >= 0.3 is 0 Å². The topological polar surface area (TPSA) is 119 Å². The normalized spacial score (nSPS) is 21.1. The number of carbonyl (C=O) groups is 2. The highest BCUT2D eigenvalue weighted by molar-refractivity contribution is 9.10. The first-order chi connectivity index (χ1) is 16.4. The third-order valence-electron chi connectivity index (χ3n) is 6.59. The number of halogens is 2. The number of amides is 2. The fourth-order valence-corrected chi connectivity index (χ4v) is 5.37. The Hall–Kier alpha value is -3.60. The van der Waals surface area contributed by atoms with Gasteiger partial charge in [-0.05, 0) is 65.0 Å². The van der Waals surface area contributed by atoms with Gasteiger partial charge in [0.05, 0.1) is 10.9 Å². The zero-order valence-corrected chi connectivity index (χ0v) is 19.4. The van der Waals surface area contributed by atoms with Crippen molar-refractivity contribution in [1.82, 2.24) is 24.4 Å². The van der Waals surface area contributed by atoms with E-state index >= 15 is 0 Å². The second kappa shape index (κ2) is 7.73. The Morgan fingerprint density at radius 2 is 2.06 bits per heavy atom. The summed E-state index contributed by atoms with van der Waals surface area (Å²) in [7, 11) is 0. The Labute approximate surface area is 201 Å². The van der Waals surface area contributed by atoms with Crippen LogP contribution in [0.4, 0.5) is 16.0 Å². The highest BCUT2D eigenvalue weighted by atomic mass is 79.9. The largest absolute Gasteiger partial charge is 0.383 e. The molecule has 34 heavy (non-hydrogen) atoms. The maximum Gasteiger partial charge on any atom is 0.248 e. The van der Waals surface area contributed by atoms with Gasteiger partial charge in [-0.3, -0.25) is 9.59 Å². The van der Waals surface area contributed by atoms with Crippen molar-refractivity contribution in [2.45, 2.75) is 31.5 Å². The minimum Gasteiger partial charge on any atom is -0.383 e. The van der Waals surface area contributed by atoms with E-state index in [0.717, 1.165) is 6.42 Å². The first-order valence-electron chi connectivity index (χ1n) is 10.8. The number of pyridine rings is 1. The summed E-state index contributed by atoms with van der Waals surface area (Å²) < 4.78 is 16.3. The number of hydrogen-bond donors (Lipinski definition) is 2. The number of nitrogens with one attached hydrogen (secondary N) is 1. The maximum atomic E-state index is 14.0. The lowest BCUT2D eigenvalue weighted by Gasteiger charge is -2.27. The molecule has 0 unspecified atom stereocenters. The Morgan fingerprint density at radius 1 is 1.21 bits per heavy atom. The van der Waals surface area contributed by atoms with E-state index in [9.17, 15) is 14.0 Å². The lowest BCUT2D eigenvalue weighted by molar-refractivity contribution is -0.138. The molecule has 4 aromatic rings. The summed E-state index contributed by atoms with van der Waals surface area (Å²) in [5.41, 5.74) is 7.15. The number of likely N-dealkylation sites (tertiary alicyclic amines) is 1. The van der Waals surface area contributed by atoms with E-state index in [0.29, 0.717) is 44.7 Å². The molecule has 1 aliphatic carbocycles. The van der Waals surface area contributed by atoms with Crippen LogP contribution < -0.4 is 11.1 Å². The van der Waals surface area contributed by atoms with Gasteiger partial charge in [-0.25, -0.2) is 19.3 Å². The number of hydrogen-bond acceptors (Lipinski definition) is 6. The van der Waals surface area contributed by atoms with Crippen LogP contribution in [0.15, 0.2) is 47.3 Å². The van der Waals surface area contributed by atoms with Gasteiger partial charge in [0.25, 0.3) is 0 Å². The van der Waals surface area contributed by atoms with Crippen LogP contribution in [0.1, 0.15) is 12.8 Å². The van der Waals surface area contributed by atoms with Crippen LogP contribution in [0.5, 0.6) is 0 Å². The van der Waals surface area contributed by atoms with Gasteiger partial charge in [0.2, 0.25) is 11.8 Å². The average molecular weight is 524 g/mol. The van der Waals surface area contributed by atoms with Gasteiger partial charge in [-0.15, -0.1) is 0 Å². The molecule has 3 N–H and O–H groups in total. The lowest BCUT2D eigenvalue weighted by atomic mass is 10.1. The van der Waals surface area contributed by atoms with Gasteiger partial charge in [-0.2, -0.15) is 0 Å². The maximum absolute atomic E-state index is 14.0. The third kappa shape index (κ3) is 3.38. The quantitative estimate of drug-likeness (QED) is 0.396. The summed E-state index contributed by atoms with van der Waals surface area (Å²) >= 11 is 3.30. The van der Waals surface area contributed by atoms with Crippen molar-refractivity contribution in [1.29, 1.82) is 0 Å². The number of nitrogens with two attached hydrogens (primary N) is 1. The summed E-state index contributed by atoms with van der Waals surface area (Å²) in [5, 5.41) is 3.87. The molecule has 9 nitrogen and oxygen atoms in total. The molecule has 1 aliphatic heterocycles. The molecule has 2 fully saturated rings. The number of anilines is 2. The molecular weight excluding hydrogens is 505 g/mol. The summed E-state index contributed by atoms with van der Waals surface area (Å²) in [6.07, 6.45) is 2.82. The molecule has 1 aromatic carbocycles. The van der Waals surface area contributed by atoms with Gasteiger partial charge in [0, 0.05) is 11.4 Å². The monoisotopic (exact) mass is 523 g/mol. The molecule has 6 rings (SSSR count). The molecule has 2 amide bonds. The molecule has 1 saturated carbocycles. The SMILES string of the molecule is Nc1ncnc2c1c1cc(F)ccc1n2CC(=O)N1[C@@H]2C[C@@H]2C[C@H]1C(=O)Nc1cccc(Br)n1. The summed E-state index contributed by atoms with van der Waals surface area (Å²) in [6.45, 7) is -0.0514. The van der Waals surface area contributed by atoms with Crippen molar-refractivity contribution in [3.63, 3.8) is 0 Å². The Kier molecular flexibility index (Phi) is 4.76. The number of carbonyl (C=O) groups excluding carboxylic acids is 2. The van der Waals surface area contributed by atoms with Crippen molar-refractivity contribution in [2.75, 3.05) is 11.1 Å². The van der Waals surface area contributed by atoms with Crippen molar-refractivity contribution < 1.29 is 14.0 Å². The highest BCUT2D eigenvalue weighted by Gasteiger charge is 2.56. The van der Waals surface area contributed by atoms with Crippen molar-refractivity contribution in [3.8, 4) is 0 Å². The lowest BCUT2D eigenvalue weighted by Crippen LogP contribution is -2.46. The van der Waals surface area contributed by atoms with E-state index in [-0.39, 0.29) is 30.2 Å². The molecule has 172 valence electrons. The minimum absolute atomic E-state index is 0.0453. The summed E-state index contributed by atoms with van der Waals surface area (Å²) in [5.74, 6) is 0.0763. The number of nitrogens with zero attached hydrogens (tertiary/aromatic N) is 5. The predicted molar refractivity (Wildman–Crippen MR) is 127 cm³/mol. The third-order valence-corrected chi connectivity index (χ3v) is 7.03. The van der Waals surface area contributed by atoms with Crippen LogP contribution in [0, 0.1) is 11.7 Å². The van der Waals surface area contributed by atoms with Crippen LogP contribution in [-0.2, 0) is 16.1 Å². The number of nitrogen functional groups attached to an aromatic ring is 1. The molecule has 4 heterocycles. The van der Waals surface area contributed by atoms with E-state index in [1.54, 1.807) is 33.7 Å². The highest BCUT2D eigenvalue weighted by Crippen LogP contribution is 2.48. The number of benzene rings is 1. The number of piperidine rings is 1. The van der Waals surface area contributed by atoms with Gasteiger partial charge in [0.1, 0.15) is 46.6 Å². The summed E-state index contributed by atoms with van der Waals surface area (Å²) in [6, 6.07) is 9.01. The molecule has 3 atom stereocenters. The smallest absolute Gasteiger partial charge is 0.248 e. The standard InChI is InChI=1S/C23H19BrFN7O2/c24-17-2-1-3-18(29-17)30-23(34)16-7-11-6-15(11)32(16)19(33)9-31-14-5-4-12(25)8-13(14)20-21(26)27-10-28-22(20)31/h1-5,8,10-11,15-16H,6-7,9H2,(H2,26,27,28)(H,29,30,34)/t11-,15-,16+/m1/s1. The zero-order chi connectivity index (χ0) is 23.6. The number of aromatic nitrogens is 4. The molecule has 2 aliphatic rings. The second-order valence-corrected chi connectivity index (χ2v) is 9.47. The fraction of sp³-hybridized carbons (Fsp3) is 0.261. The van der Waals surface area contributed by atoms with Gasteiger partial charge in [-0.1, -0.05) is 6.07 Å². The van der Waals surface area contributed by atoms with Gasteiger partial charge < -0.3 is 20.5 Å². The van der Waals surface area contributed by atoms with E-state index < -0.39 is 11.9 Å². The van der Waals surface area contributed by atoms with E-state index in [1.807, 2.05) is 0 Å². The predicted octanol–water partition coefficient (Wildman–Crippen LogP) is 3.09. The van der Waals surface area contributed by atoms with Crippen molar-refractivity contribution in [3.05, 3.63) is 53.1 Å². The van der Waals surface area contributed by atoms with Crippen LogP contribution in [-0.4, -0.2) is 48.3 Å². The summed E-state index contributed by atoms with van der Waals surface area (Å²) in [4.78, 5) is 40.9. The minimum atomic E-state index is -0.581. The zero-order valence-electron chi connectivity index (χ0n) is 17.8. The molecular formula is C23H19BrFN7O2. The van der Waals surface area contributed by atoms with Gasteiger partial charge in [0.15, 0.2) is 0 Å². The fourth-order valence-electron chi connectivity index (χ4n) is 5.02. The Morgan fingerprint density at radius 3 is 2.88 bits per heavy atom. The number of fused-ring (bicyclic) bond motifs is 4. The molecule has 0 bridgehead atoms. The van der Waals surface area contributed by atoms with E-state index in [2.05, 4.69) is 36.2 Å². The molecule has 0 spiro atoms. The van der Waals surface area contributed by atoms with Crippen molar-refractivity contribution >= 4 is 61.3 Å². The first-order valence-corrected chi connectivity index (χ1v) is 11.6. The molecule has 11 heteroatoms. The Balaban J connectivity index is 1.32. The van der Waals surface area contributed by atoms with Crippen LogP contribution >= 0.6 is 15.9 Å². The molecule has 0 radical (unpaired) electrons. The number of rotatable bonds is 4. The van der Waals surface area contributed by atoms with E-state index in [1.165, 1.54) is 18.5 Å². The van der Waals surface area contributed by atoms with Crippen LogP contribution in [0.25, 0.3) is 21.9 Å². The van der Waals surface area contributed by atoms with Crippen LogP contribution in [0.2, 0.25) is 0 Å². The van der Waals surface area contributed by atoms with E-state index in [4.69, 9.17) is 5.73 Å². The molecule has 3 aromatic heterocycles. The van der Waals surface area contributed by atoms with Crippen molar-refractivity contribution in [2.24, 2.45) is 5.92 Å². The molecule has 1 saturated heterocycles. The first kappa shape index (κ1) is 21.0. The Bertz CT molecular complexity index is 1490. The van der Waals surface area contributed by atoms with Crippen LogP contribution in [0.3, 0.4) is 0 Å². The second-order valence-electron chi connectivity index (χ2n) is 8.66.